The highest BCUT2D eigenvalue weighted by molar-refractivity contribution is 6.32. The van der Waals surface area contributed by atoms with E-state index in [0.29, 0.717) is 5.56 Å². The number of carbonyl (C=O) groups is 5. The van der Waals surface area contributed by atoms with Gasteiger partial charge in [0.25, 0.3) is 0 Å². The van der Waals surface area contributed by atoms with Crippen LogP contribution in [0.2, 0.25) is 0 Å². The summed E-state index contributed by atoms with van der Waals surface area (Å²) in [6.45, 7) is 14.7. The van der Waals surface area contributed by atoms with E-state index in [-0.39, 0.29) is 35.5 Å². The molecule has 0 bridgehead atoms. The molecule has 3 unspecified atom stereocenters. The number of hydrogen-bond donors (Lipinski definition) is 2. The number of hydrogen-bond acceptors (Lipinski definition) is 7. The Morgan fingerprint density at radius 1 is 0.977 bits per heavy atom. The van der Waals surface area contributed by atoms with Gasteiger partial charge < -0.3 is 10.2 Å². The summed E-state index contributed by atoms with van der Waals surface area (Å²) in [5.41, 5.74) is -1.64. The first-order valence-corrected chi connectivity index (χ1v) is 15.6. The highest BCUT2D eigenvalue weighted by Crippen LogP contribution is 2.64. The molecule has 0 radical (unpaired) electrons. The molecule has 7 nitrogen and oxygen atoms in total. The molecular formula is C37H44O7. The molecule has 234 valence electrons. The first kappa shape index (κ1) is 32.0. The molecule has 0 aliphatic heterocycles. The second-order valence-electron chi connectivity index (χ2n) is 15.6. The molecule has 0 heterocycles. The molecule has 3 aliphatic rings. The molecule has 2 aromatic rings. The van der Waals surface area contributed by atoms with Gasteiger partial charge in [-0.05, 0) is 77.7 Å². The number of aromatic hydroxyl groups is 1. The Morgan fingerprint density at radius 3 is 2.14 bits per heavy atom. The minimum absolute atomic E-state index is 0.0187. The van der Waals surface area contributed by atoms with Crippen molar-refractivity contribution in [3.8, 4) is 16.9 Å². The van der Waals surface area contributed by atoms with Crippen LogP contribution in [0.25, 0.3) is 11.1 Å². The van der Waals surface area contributed by atoms with Crippen molar-refractivity contribution in [3.63, 3.8) is 0 Å². The van der Waals surface area contributed by atoms with Crippen LogP contribution in [0, 0.1) is 39.9 Å². The minimum Gasteiger partial charge on any atom is -0.507 e. The van der Waals surface area contributed by atoms with Crippen molar-refractivity contribution in [2.45, 2.75) is 86.7 Å². The van der Waals surface area contributed by atoms with Crippen molar-refractivity contribution in [2.75, 3.05) is 0 Å². The van der Waals surface area contributed by atoms with Gasteiger partial charge in [0.2, 0.25) is 0 Å². The summed E-state index contributed by atoms with van der Waals surface area (Å²) in [5.74, 6) is -8.86. The molecule has 0 saturated heterocycles. The van der Waals surface area contributed by atoms with E-state index < -0.39 is 63.1 Å². The van der Waals surface area contributed by atoms with Gasteiger partial charge in [-0.2, -0.15) is 0 Å². The van der Waals surface area contributed by atoms with E-state index in [0.717, 1.165) is 30.9 Å². The van der Waals surface area contributed by atoms with E-state index in [1.165, 1.54) is 11.6 Å². The normalized spacial score (nSPS) is 31.9. The van der Waals surface area contributed by atoms with Crippen LogP contribution >= 0.6 is 0 Å². The van der Waals surface area contributed by atoms with Crippen LogP contribution in [0.4, 0.5) is 0 Å². The predicted molar refractivity (Wildman–Crippen MR) is 166 cm³/mol. The number of phenols is 1. The van der Waals surface area contributed by atoms with Gasteiger partial charge in [0.1, 0.15) is 17.5 Å². The van der Waals surface area contributed by atoms with Gasteiger partial charge >= 0.3 is 0 Å². The average Bonchev–Trinajstić information content (AvgIpc) is 2.89. The highest BCUT2D eigenvalue weighted by atomic mass is 16.3. The molecule has 5 rings (SSSR count). The highest BCUT2D eigenvalue weighted by Gasteiger charge is 2.76. The lowest BCUT2D eigenvalue weighted by molar-refractivity contribution is -0.205. The van der Waals surface area contributed by atoms with E-state index in [4.69, 9.17) is 0 Å². The minimum atomic E-state index is -2.69. The summed E-state index contributed by atoms with van der Waals surface area (Å²) in [5, 5.41) is 23.1. The van der Waals surface area contributed by atoms with Gasteiger partial charge in [-0.25, -0.2) is 0 Å². The molecule has 3 aliphatic carbocycles. The van der Waals surface area contributed by atoms with Crippen molar-refractivity contribution >= 4 is 28.9 Å². The third-order valence-corrected chi connectivity index (χ3v) is 10.7. The van der Waals surface area contributed by atoms with Crippen molar-refractivity contribution < 1.29 is 34.2 Å². The SMILES string of the molecule is CC(=O)C1C(=O)C(C(C)C)[C@@]2(C)C[C@@]3(C)Cc4c(-c5ccc(CCC(C)(C)C)cc5)ccc(O)c4C(=O)C3C(=O)[C@@]2(O)C1=O. The van der Waals surface area contributed by atoms with Gasteiger partial charge in [0.15, 0.2) is 28.7 Å². The van der Waals surface area contributed by atoms with Crippen molar-refractivity contribution in [1.29, 1.82) is 0 Å². The van der Waals surface area contributed by atoms with Crippen LogP contribution in [-0.2, 0) is 32.0 Å². The molecule has 6 atom stereocenters. The zero-order valence-corrected chi connectivity index (χ0v) is 27.0. The van der Waals surface area contributed by atoms with Crippen molar-refractivity contribution in [2.24, 2.45) is 39.9 Å². The standard InChI is InChI=1S/C37H44O7/c1-19(2)28-30(40)26(20(3)38)32(42)37(44)33(43)29-31(41)27-24(17-35(29,7)18-36(28,37)8)23(13-14-25(27)39)22-11-9-21(10-12-22)15-16-34(4,5)6/h9-14,19,26,28-29,39,44H,15-18H2,1-8H3/t26?,28?,29?,35-,36-,37+/m1/s1. The van der Waals surface area contributed by atoms with E-state index >= 15 is 0 Å². The van der Waals surface area contributed by atoms with Crippen LogP contribution in [0.5, 0.6) is 5.75 Å². The third kappa shape index (κ3) is 4.53. The van der Waals surface area contributed by atoms with E-state index in [1.807, 2.05) is 12.1 Å². The summed E-state index contributed by atoms with van der Waals surface area (Å²) < 4.78 is 0. The summed E-state index contributed by atoms with van der Waals surface area (Å²) in [6, 6.07) is 11.4. The molecule has 0 amide bonds. The molecule has 0 spiro atoms. The number of benzene rings is 2. The maximum Gasteiger partial charge on any atom is 0.190 e. The second-order valence-corrected chi connectivity index (χ2v) is 15.6. The van der Waals surface area contributed by atoms with Crippen molar-refractivity contribution in [1.82, 2.24) is 0 Å². The maximum atomic E-state index is 14.4. The van der Waals surface area contributed by atoms with Crippen LogP contribution in [0.3, 0.4) is 0 Å². The average molecular weight is 601 g/mol. The number of rotatable bonds is 5. The Morgan fingerprint density at radius 2 is 1.59 bits per heavy atom. The smallest absolute Gasteiger partial charge is 0.190 e. The lowest BCUT2D eigenvalue weighted by Gasteiger charge is -2.61. The zero-order chi connectivity index (χ0) is 32.7. The van der Waals surface area contributed by atoms with Crippen LogP contribution in [-0.4, -0.2) is 44.7 Å². The number of phenolic OH excluding ortho intramolecular Hbond substituents is 1. The van der Waals surface area contributed by atoms with Gasteiger partial charge in [-0.3, -0.25) is 24.0 Å². The molecule has 2 aromatic carbocycles. The topological polar surface area (TPSA) is 126 Å². The monoisotopic (exact) mass is 600 g/mol. The quantitative estimate of drug-likeness (QED) is 0.419. The predicted octanol–water partition coefficient (Wildman–Crippen LogP) is 5.74. The van der Waals surface area contributed by atoms with Gasteiger partial charge in [0.05, 0.1) is 11.5 Å². The van der Waals surface area contributed by atoms with E-state index in [1.54, 1.807) is 33.8 Å². The van der Waals surface area contributed by atoms with Gasteiger partial charge in [0, 0.05) is 11.3 Å². The zero-order valence-electron chi connectivity index (χ0n) is 27.0. The first-order valence-electron chi connectivity index (χ1n) is 15.6. The number of Topliss-reactive ketones (excluding diaryl/α,β-unsaturated/α-hetero) is 5. The fourth-order valence-electron chi connectivity index (χ4n) is 8.78. The Kier molecular flexibility index (Phi) is 7.48. The summed E-state index contributed by atoms with van der Waals surface area (Å²) in [7, 11) is 0. The first-order chi connectivity index (χ1) is 20.3. The lowest BCUT2D eigenvalue weighted by atomic mass is 9.40. The Hall–Kier alpha value is -3.45. The summed E-state index contributed by atoms with van der Waals surface area (Å²) >= 11 is 0. The largest absolute Gasteiger partial charge is 0.507 e. The Balaban J connectivity index is 1.64. The van der Waals surface area contributed by atoms with E-state index in [2.05, 4.69) is 32.9 Å². The molecule has 0 aromatic heterocycles. The van der Waals surface area contributed by atoms with Crippen LogP contribution in [0.15, 0.2) is 36.4 Å². The fraction of sp³-hybridized carbons (Fsp3) is 0.541. The van der Waals surface area contributed by atoms with Gasteiger partial charge in [-0.15, -0.1) is 0 Å². The molecule has 2 fully saturated rings. The fourth-order valence-corrected chi connectivity index (χ4v) is 8.78. The number of carbonyl (C=O) groups excluding carboxylic acids is 5. The van der Waals surface area contributed by atoms with Crippen LogP contribution in [0.1, 0.15) is 89.7 Å². The number of aryl methyl sites for hydroxylation is 1. The summed E-state index contributed by atoms with van der Waals surface area (Å²) in [6.07, 6.45) is 2.21. The lowest BCUT2D eigenvalue weighted by Crippen LogP contribution is -2.76. The molecule has 2 N–H and O–H groups in total. The molecule has 2 saturated carbocycles. The second kappa shape index (κ2) is 10.3. The summed E-state index contributed by atoms with van der Waals surface area (Å²) in [4.78, 5) is 68.8. The van der Waals surface area contributed by atoms with E-state index in [9.17, 15) is 34.2 Å². The third-order valence-electron chi connectivity index (χ3n) is 10.7. The molecule has 44 heavy (non-hydrogen) atoms. The Bertz CT molecular complexity index is 1590. The number of aliphatic hydroxyl groups is 1. The molecule has 7 heteroatoms. The number of ketones is 5. The number of fused-ring (bicyclic) bond motifs is 3. The van der Waals surface area contributed by atoms with Crippen LogP contribution < -0.4 is 0 Å². The molecular weight excluding hydrogens is 556 g/mol. The maximum absolute atomic E-state index is 14.4. The van der Waals surface area contributed by atoms with Crippen molar-refractivity contribution in [3.05, 3.63) is 53.1 Å². The Labute approximate surface area is 259 Å². The van der Waals surface area contributed by atoms with Gasteiger partial charge in [-0.1, -0.05) is 78.8 Å².